The van der Waals surface area contributed by atoms with E-state index in [0.717, 1.165) is 5.56 Å². The molecular weight excluding hydrogens is 272 g/mol. The molecule has 7 nitrogen and oxygen atoms in total. The molecule has 0 aliphatic rings. The van der Waals surface area contributed by atoms with Crippen molar-refractivity contribution in [2.24, 2.45) is 5.84 Å². The summed E-state index contributed by atoms with van der Waals surface area (Å²) in [6, 6.07) is 10.8. The molecule has 0 bridgehead atoms. The van der Waals surface area contributed by atoms with Crippen LogP contribution >= 0.6 is 0 Å². The number of hydrazine groups is 1. The lowest BCUT2D eigenvalue weighted by molar-refractivity contribution is -0.384. The number of nitro benzene ring substituents is 1. The fraction of sp³-hybridized carbons (Fsp3) is 0.0714. The summed E-state index contributed by atoms with van der Waals surface area (Å²) in [6.45, 7) is 1.78. The molecule has 0 aliphatic carbocycles. The van der Waals surface area contributed by atoms with Crippen LogP contribution < -0.4 is 16.6 Å². The lowest BCUT2D eigenvalue weighted by Gasteiger charge is -2.09. The number of hydrogen-bond acceptors (Lipinski definition) is 5. The summed E-state index contributed by atoms with van der Waals surface area (Å²) in [7, 11) is 0. The molecule has 0 atom stereocenters. The molecule has 0 saturated carbocycles. The number of nitrogen functional groups attached to an aromatic ring is 1. The lowest BCUT2D eigenvalue weighted by atomic mass is 10.1. The number of hydrogen-bond donors (Lipinski definition) is 3. The molecule has 0 aliphatic heterocycles. The average Bonchev–Trinajstić information content (AvgIpc) is 2.47. The van der Waals surface area contributed by atoms with E-state index in [1.165, 1.54) is 18.2 Å². The molecule has 2 aromatic rings. The topological polar surface area (TPSA) is 110 Å². The van der Waals surface area contributed by atoms with Crippen molar-refractivity contribution < 1.29 is 9.72 Å². The average molecular weight is 286 g/mol. The Bertz CT molecular complexity index is 700. The minimum Gasteiger partial charge on any atom is -0.324 e. The highest BCUT2D eigenvalue weighted by molar-refractivity contribution is 6.05. The third-order valence-electron chi connectivity index (χ3n) is 2.95. The highest BCUT2D eigenvalue weighted by Gasteiger charge is 2.12. The van der Waals surface area contributed by atoms with E-state index in [0.29, 0.717) is 16.9 Å². The first kappa shape index (κ1) is 14.5. The van der Waals surface area contributed by atoms with Gasteiger partial charge in [0.25, 0.3) is 11.6 Å². The largest absolute Gasteiger partial charge is 0.324 e. The molecule has 21 heavy (non-hydrogen) atoms. The second-order valence-corrected chi connectivity index (χ2v) is 4.44. The third-order valence-corrected chi connectivity index (χ3v) is 2.95. The van der Waals surface area contributed by atoms with E-state index >= 15 is 0 Å². The maximum absolute atomic E-state index is 12.2. The third kappa shape index (κ3) is 3.34. The number of benzene rings is 2. The number of nitrogens with zero attached hydrogens (tertiary/aromatic N) is 1. The van der Waals surface area contributed by atoms with Gasteiger partial charge in [-0.1, -0.05) is 6.07 Å². The number of amides is 1. The molecule has 0 saturated heterocycles. The predicted octanol–water partition coefficient (Wildman–Crippen LogP) is 2.44. The van der Waals surface area contributed by atoms with Crippen LogP contribution in [0.4, 0.5) is 17.1 Å². The van der Waals surface area contributed by atoms with Crippen LogP contribution in [-0.2, 0) is 0 Å². The Morgan fingerprint density at radius 2 is 1.95 bits per heavy atom. The Hall–Kier alpha value is -2.93. The summed E-state index contributed by atoms with van der Waals surface area (Å²) >= 11 is 0. The van der Waals surface area contributed by atoms with Gasteiger partial charge in [-0.25, -0.2) is 0 Å². The van der Waals surface area contributed by atoms with Gasteiger partial charge in [0.05, 0.1) is 4.92 Å². The van der Waals surface area contributed by atoms with Gasteiger partial charge < -0.3 is 10.7 Å². The van der Waals surface area contributed by atoms with Gasteiger partial charge in [-0.2, -0.15) is 0 Å². The molecule has 108 valence electrons. The van der Waals surface area contributed by atoms with Gasteiger partial charge in [0.2, 0.25) is 0 Å². The quantitative estimate of drug-likeness (QED) is 0.454. The first-order valence-electron chi connectivity index (χ1n) is 6.14. The van der Waals surface area contributed by atoms with Crippen molar-refractivity contribution in [1.29, 1.82) is 0 Å². The first-order valence-corrected chi connectivity index (χ1v) is 6.14. The van der Waals surface area contributed by atoms with E-state index < -0.39 is 4.92 Å². The summed E-state index contributed by atoms with van der Waals surface area (Å²) in [6.07, 6.45) is 0. The van der Waals surface area contributed by atoms with Crippen molar-refractivity contribution in [3.05, 3.63) is 63.7 Å². The lowest BCUT2D eigenvalue weighted by Crippen LogP contribution is -2.14. The van der Waals surface area contributed by atoms with Gasteiger partial charge in [-0.15, -0.1) is 0 Å². The Kier molecular flexibility index (Phi) is 4.15. The number of nitro groups is 1. The zero-order valence-corrected chi connectivity index (χ0v) is 11.3. The molecule has 7 heteroatoms. The maximum atomic E-state index is 12.2. The van der Waals surface area contributed by atoms with Crippen molar-refractivity contribution in [2.75, 3.05) is 10.7 Å². The molecule has 2 aromatic carbocycles. The normalized spacial score (nSPS) is 10.0. The van der Waals surface area contributed by atoms with Crippen molar-refractivity contribution in [1.82, 2.24) is 0 Å². The highest BCUT2D eigenvalue weighted by Crippen LogP contribution is 2.19. The summed E-state index contributed by atoms with van der Waals surface area (Å²) in [5, 5.41) is 13.3. The fourth-order valence-corrected chi connectivity index (χ4v) is 1.90. The van der Waals surface area contributed by atoms with Gasteiger partial charge in [0.15, 0.2) is 0 Å². The summed E-state index contributed by atoms with van der Waals surface area (Å²) in [4.78, 5) is 22.4. The summed E-state index contributed by atoms with van der Waals surface area (Å²) in [5.41, 5.74) is 4.70. The number of non-ortho nitro benzene ring substituents is 1. The van der Waals surface area contributed by atoms with Crippen LogP contribution in [0.2, 0.25) is 0 Å². The molecule has 0 spiro atoms. The van der Waals surface area contributed by atoms with Crippen molar-refractivity contribution in [2.45, 2.75) is 6.92 Å². The minimum absolute atomic E-state index is 0.0767. The zero-order valence-electron chi connectivity index (χ0n) is 11.3. The SMILES string of the molecule is Cc1cc(NN)ccc1C(=O)Nc1cccc([N+](=O)[O-])c1. The predicted molar refractivity (Wildman–Crippen MR) is 80.0 cm³/mol. The van der Waals surface area contributed by atoms with Gasteiger partial charge >= 0.3 is 0 Å². The second kappa shape index (κ2) is 6.02. The summed E-state index contributed by atoms with van der Waals surface area (Å²) < 4.78 is 0. The number of rotatable bonds is 4. The van der Waals surface area contributed by atoms with Crippen LogP contribution in [0.1, 0.15) is 15.9 Å². The van der Waals surface area contributed by atoms with Crippen LogP contribution in [0.25, 0.3) is 0 Å². The number of carbonyl (C=O) groups excluding carboxylic acids is 1. The van der Waals surface area contributed by atoms with E-state index in [1.807, 2.05) is 0 Å². The highest BCUT2D eigenvalue weighted by atomic mass is 16.6. The number of nitrogens with one attached hydrogen (secondary N) is 2. The van der Waals surface area contributed by atoms with Gasteiger partial charge in [0, 0.05) is 29.1 Å². The van der Waals surface area contributed by atoms with Crippen LogP contribution in [0.5, 0.6) is 0 Å². The molecular formula is C14H14N4O3. The van der Waals surface area contributed by atoms with Crippen LogP contribution in [0.3, 0.4) is 0 Å². The maximum Gasteiger partial charge on any atom is 0.271 e. The van der Waals surface area contributed by atoms with Gasteiger partial charge in [-0.05, 0) is 36.8 Å². The molecule has 0 aromatic heterocycles. The van der Waals surface area contributed by atoms with Crippen LogP contribution in [-0.4, -0.2) is 10.8 Å². The molecule has 4 N–H and O–H groups in total. The van der Waals surface area contributed by atoms with Crippen molar-refractivity contribution in [3.8, 4) is 0 Å². The first-order chi connectivity index (χ1) is 10.0. The Morgan fingerprint density at radius 3 is 2.57 bits per heavy atom. The molecule has 0 fully saturated rings. The van der Waals surface area contributed by atoms with Crippen molar-refractivity contribution in [3.63, 3.8) is 0 Å². The molecule has 1 amide bonds. The van der Waals surface area contributed by atoms with E-state index in [-0.39, 0.29) is 11.6 Å². The van der Waals surface area contributed by atoms with Gasteiger partial charge in [0.1, 0.15) is 0 Å². The number of nitrogens with two attached hydrogens (primary N) is 1. The van der Waals surface area contributed by atoms with Crippen LogP contribution in [0, 0.1) is 17.0 Å². The van der Waals surface area contributed by atoms with E-state index in [1.54, 1.807) is 31.2 Å². The zero-order chi connectivity index (χ0) is 15.4. The van der Waals surface area contributed by atoms with E-state index in [4.69, 9.17) is 5.84 Å². The number of aryl methyl sites for hydroxylation is 1. The molecule has 2 rings (SSSR count). The smallest absolute Gasteiger partial charge is 0.271 e. The monoisotopic (exact) mass is 286 g/mol. The minimum atomic E-state index is -0.511. The fourth-order valence-electron chi connectivity index (χ4n) is 1.90. The molecule has 0 heterocycles. The standard InChI is InChI=1S/C14H14N4O3/c1-9-7-11(17-15)5-6-13(9)14(19)16-10-3-2-4-12(8-10)18(20)21/h2-8,17H,15H2,1H3,(H,16,19). The Morgan fingerprint density at radius 1 is 1.19 bits per heavy atom. The van der Waals surface area contributed by atoms with Gasteiger partial charge in [-0.3, -0.25) is 20.8 Å². The number of anilines is 2. The summed E-state index contributed by atoms with van der Waals surface area (Å²) in [5.74, 6) is 4.96. The Labute approximate surface area is 120 Å². The second-order valence-electron chi connectivity index (χ2n) is 4.44. The molecule has 0 radical (unpaired) electrons. The van der Waals surface area contributed by atoms with Crippen molar-refractivity contribution >= 4 is 23.0 Å². The molecule has 0 unspecified atom stereocenters. The van der Waals surface area contributed by atoms with Crippen LogP contribution in [0.15, 0.2) is 42.5 Å². The Balaban J connectivity index is 2.22. The van der Waals surface area contributed by atoms with E-state index in [9.17, 15) is 14.9 Å². The van der Waals surface area contributed by atoms with E-state index in [2.05, 4.69) is 10.7 Å². The number of carbonyl (C=O) groups is 1.